The van der Waals surface area contributed by atoms with Crippen molar-refractivity contribution in [3.8, 4) is 17.2 Å². The van der Waals surface area contributed by atoms with Crippen LogP contribution in [0.3, 0.4) is 0 Å². The summed E-state index contributed by atoms with van der Waals surface area (Å²) in [5.74, 6) is 1.67. The second-order valence-corrected chi connectivity index (χ2v) is 17.2. The molecule has 0 bridgehead atoms. The van der Waals surface area contributed by atoms with Gasteiger partial charge in [0.05, 0.1) is 16.4 Å². The zero-order chi connectivity index (χ0) is 33.2. The predicted molar refractivity (Wildman–Crippen MR) is 220 cm³/mol. The number of benzene rings is 7. The third-order valence-corrected chi connectivity index (χ3v) is 14.9. The maximum Gasteiger partial charge on any atom is 0.163 e. The van der Waals surface area contributed by atoms with Crippen LogP contribution < -0.4 is 0 Å². The van der Waals surface area contributed by atoms with E-state index in [0.29, 0.717) is 0 Å². The second-order valence-electron chi connectivity index (χ2n) is 12.9. The molecule has 0 spiro atoms. The first-order valence-corrected chi connectivity index (χ1v) is 20.1. The van der Waals surface area contributed by atoms with Gasteiger partial charge in [0.15, 0.2) is 11.6 Å². The van der Waals surface area contributed by atoms with Crippen molar-refractivity contribution in [3.63, 3.8) is 0 Å². The van der Waals surface area contributed by atoms with E-state index < -0.39 is 0 Å². The van der Waals surface area contributed by atoms with E-state index in [-0.39, 0.29) is 0 Å². The van der Waals surface area contributed by atoms with E-state index in [2.05, 4.69) is 144 Å². The minimum Gasteiger partial charge on any atom is -0.293 e. The molecule has 1 aliphatic rings. The van der Waals surface area contributed by atoms with Crippen LogP contribution in [0, 0.1) is 0 Å². The Morgan fingerprint density at radius 2 is 1.16 bits per heavy atom. The van der Waals surface area contributed by atoms with Gasteiger partial charge in [-0.05, 0) is 66.0 Å². The Bertz CT molecular complexity index is 3280. The average Bonchev–Trinajstić information content (AvgIpc) is 3.85. The number of aromatic nitrogens is 3. The molecule has 11 aromatic rings. The molecule has 12 rings (SSSR count). The van der Waals surface area contributed by atoms with Crippen LogP contribution in [0.4, 0.5) is 0 Å². The zero-order valence-corrected chi connectivity index (χ0v) is 30.0. The first kappa shape index (κ1) is 28.5. The molecule has 4 aromatic heterocycles. The number of hydrogen-bond donors (Lipinski definition) is 0. The van der Waals surface area contributed by atoms with Crippen molar-refractivity contribution in [2.45, 2.75) is 19.6 Å². The summed E-state index contributed by atoms with van der Waals surface area (Å²) in [6.07, 6.45) is 0. The topological polar surface area (TPSA) is 30.7 Å². The summed E-state index contributed by atoms with van der Waals surface area (Å²) in [7, 11) is 0. The Balaban J connectivity index is 1.17. The largest absolute Gasteiger partial charge is 0.293 e. The minimum atomic E-state index is 0.745. The number of nitrogens with zero attached hydrogens (tertiary/aromatic N) is 3. The molecule has 0 unspecified atom stereocenters. The van der Waals surface area contributed by atoms with E-state index in [0.717, 1.165) is 38.5 Å². The molecule has 7 aromatic carbocycles. The van der Waals surface area contributed by atoms with Gasteiger partial charge in [0.1, 0.15) is 4.83 Å². The first-order chi connectivity index (χ1) is 25.2. The van der Waals surface area contributed by atoms with Crippen molar-refractivity contribution < 1.29 is 0 Å². The van der Waals surface area contributed by atoms with Crippen molar-refractivity contribution in [2.24, 2.45) is 0 Å². The highest BCUT2D eigenvalue weighted by Crippen LogP contribution is 2.50. The highest BCUT2D eigenvalue weighted by atomic mass is 32.2. The van der Waals surface area contributed by atoms with Crippen LogP contribution in [0.1, 0.15) is 0 Å². The van der Waals surface area contributed by atoms with Crippen LogP contribution in [-0.4, -0.2) is 14.5 Å². The highest BCUT2D eigenvalue weighted by molar-refractivity contribution is 8.05. The summed E-state index contributed by atoms with van der Waals surface area (Å²) < 4.78 is 6.26. The molecular weight excluding hydrogens is 699 g/mol. The van der Waals surface area contributed by atoms with Gasteiger partial charge in [0.2, 0.25) is 0 Å². The van der Waals surface area contributed by atoms with Gasteiger partial charge in [0, 0.05) is 71.6 Å². The fraction of sp³-hybridized carbons (Fsp3) is 0. The molecule has 0 aliphatic carbocycles. The van der Waals surface area contributed by atoms with Crippen LogP contribution in [0.2, 0.25) is 0 Å². The Morgan fingerprint density at radius 1 is 0.451 bits per heavy atom. The molecule has 0 amide bonds. The molecule has 0 atom stereocenters. The van der Waals surface area contributed by atoms with Crippen molar-refractivity contribution in [3.05, 3.63) is 140 Å². The smallest absolute Gasteiger partial charge is 0.163 e. The number of rotatable bonds is 2. The molecule has 0 saturated carbocycles. The quantitative estimate of drug-likeness (QED) is 0.178. The van der Waals surface area contributed by atoms with E-state index in [1.165, 1.54) is 71.4 Å². The average molecular weight is 722 g/mol. The maximum absolute atomic E-state index is 5.55. The third-order valence-electron chi connectivity index (χ3n) is 10.1. The highest BCUT2D eigenvalue weighted by Gasteiger charge is 2.23. The summed E-state index contributed by atoms with van der Waals surface area (Å²) in [6.45, 7) is 0. The monoisotopic (exact) mass is 721 g/mol. The molecular formula is C44H23N3S4. The summed E-state index contributed by atoms with van der Waals surface area (Å²) in [4.78, 5) is 17.0. The summed E-state index contributed by atoms with van der Waals surface area (Å²) in [6, 6.07) is 50.9. The number of para-hydroxylation sites is 1. The van der Waals surface area contributed by atoms with Crippen molar-refractivity contribution in [2.75, 3.05) is 0 Å². The molecule has 0 N–H and O–H groups in total. The summed E-state index contributed by atoms with van der Waals surface area (Å²) in [5, 5.41) is 9.89. The normalized spacial score (nSPS) is 12.9. The molecule has 0 fully saturated rings. The standard InChI is InChI=1S/C44H23N3S4/c1-4-12-32-26(9-1)31-21-24-17-19-28-27-10-2-5-13-34(27)50-41(28)30(24)23-33(31)47(32)43-40-29-11-3-6-14-35(29)51-44(40)46-42(45-43)25-18-20-38-39(22-25)49-37-16-8-7-15-36(37)48-38/h1-23H. The molecule has 5 heterocycles. The predicted octanol–water partition coefficient (Wildman–Crippen LogP) is 13.7. The number of fused-ring (bicyclic) bond motifs is 13. The van der Waals surface area contributed by atoms with E-state index in [4.69, 9.17) is 9.97 Å². The molecule has 1 aliphatic heterocycles. The van der Waals surface area contributed by atoms with E-state index in [9.17, 15) is 0 Å². The van der Waals surface area contributed by atoms with Gasteiger partial charge in [-0.15, -0.1) is 22.7 Å². The lowest BCUT2D eigenvalue weighted by Crippen LogP contribution is -2.02. The molecule has 0 radical (unpaired) electrons. The van der Waals surface area contributed by atoms with Crippen molar-refractivity contribution in [1.82, 2.24) is 14.5 Å². The van der Waals surface area contributed by atoms with Gasteiger partial charge < -0.3 is 0 Å². The zero-order valence-electron chi connectivity index (χ0n) is 26.8. The van der Waals surface area contributed by atoms with Crippen molar-refractivity contribution >= 4 is 119 Å². The summed E-state index contributed by atoms with van der Waals surface area (Å²) >= 11 is 7.30. The van der Waals surface area contributed by atoms with Crippen LogP contribution >= 0.6 is 46.2 Å². The lowest BCUT2D eigenvalue weighted by atomic mass is 10.0. The van der Waals surface area contributed by atoms with Crippen molar-refractivity contribution in [1.29, 1.82) is 0 Å². The Hall–Kier alpha value is -5.18. The maximum atomic E-state index is 5.55. The van der Waals surface area contributed by atoms with Gasteiger partial charge in [-0.2, -0.15) is 0 Å². The van der Waals surface area contributed by atoms with Gasteiger partial charge >= 0.3 is 0 Å². The number of thiophene rings is 2. The number of hydrogen-bond acceptors (Lipinski definition) is 6. The van der Waals surface area contributed by atoms with Crippen LogP contribution in [0.5, 0.6) is 0 Å². The lowest BCUT2D eigenvalue weighted by Gasteiger charge is -2.18. The first-order valence-electron chi connectivity index (χ1n) is 16.8. The molecule has 7 heteroatoms. The van der Waals surface area contributed by atoms with Crippen LogP contribution in [0.25, 0.3) is 90.3 Å². The summed E-state index contributed by atoms with van der Waals surface area (Å²) in [5.41, 5.74) is 3.33. The van der Waals surface area contributed by atoms with Gasteiger partial charge in [-0.3, -0.25) is 4.57 Å². The van der Waals surface area contributed by atoms with E-state index >= 15 is 0 Å². The Kier molecular flexibility index (Phi) is 5.96. The molecule has 0 saturated heterocycles. The Labute approximate surface area is 308 Å². The van der Waals surface area contributed by atoms with Gasteiger partial charge in [0.25, 0.3) is 0 Å². The molecule has 3 nitrogen and oxygen atoms in total. The second kappa shape index (κ2) is 10.7. The molecule has 238 valence electrons. The molecule has 51 heavy (non-hydrogen) atoms. The third kappa shape index (κ3) is 4.14. The lowest BCUT2D eigenvalue weighted by molar-refractivity contribution is 1.08. The van der Waals surface area contributed by atoms with Gasteiger partial charge in [-0.1, -0.05) is 102 Å². The minimum absolute atomic E-state index is 0.745. The van der Waals surface area contributed by atoms with Crippen LogP contribution in [-0.2, 0) is 0 Å². The fourth-order valence-corrected chi connectivity index (χ4v) is 12.3. The SMILES string of the molecule is c1ccc2c(c1)Sc1ccc(-c3nc(-n4c5ccccc5c5cc6ccc7c8ccccc8sc7c6cc54)c4c(n3)sc3ccccc34)cc1S2. The van der Waals surface area contributed by atoms with Gasteiger partial charge in [-0.25, -0.2) is 9.97 Å². The van der Waals surface area contributed by atoms with Crippen LogP contribution in [0.15, 0.2) is 159 Å². The Morgan fingerprint density at radius 3 is 2.02 bits per heavy atom. The fourth-order valence-electron chi connectivity index (χ4n) is 7.76. The van der Waals surface area contributed by atoms with E-state index in [1.807, 2.05) is 34.9 Å². The van der Waals surface area contributed by atoms with E-state index in [1.54, 1.807) is 11.3 Å².